The molecule has 2 rings (SSSR count). The van der Waals surface area contributed by atoms with Gasteiger partial charge >= 0.3 is 6.03 Å². The summed E-state index contributed by atoms with van der Waals surface area (Å²) in [6.07, 6.45) is 2.17. The standard InChI is InChI=1S/C22H29N3O2/c1-4-8-16-11-13-18(14-12-16)19(15(2)3)24-20(21(26)25-22(23)27)17-9-6-5-7-10-17/h5-7,9-15,19-20,24H,4,8H2,1-3H3,(H3,23,25,26,27)/p+1/t19-,20-/m0/s1. The molecule has 0 aliphatic heterocycles. The summed E-state index contributed by atoms with van der Waals surface area (Å²) in [5.74, 6) is -0.100. The van der Waals surface area contributed by atoms with Crippen molar-refractivity contribution in [3.8, 4) is 0 Å². The molecule has 0 aliphatic carbocycles. The van der Waals surface area contributed by atoms with Crippen LogP contribution in [0.1, 0.15) is 56.0 Å². The molecule has 0 fully saturated rings. The summed E-state index contributed by atoms with van der Waals surface area (Å²) in [7, 11) is 0. The van der Waals surface area contributed by atoms with Crippen molar-refractivity contribution in [1.82, 2.24) is 5.32 Å². The Bertz CT molecular complexity index is 742. The summed E-state index contributed by atoms with van der Waals surface area (Å²) in [5, 5.41) is 4.25. The van der Waals surface area contributed by atoms with Gasteiger partial charge in [-0.25, -0.2) is 4.79 Å². The number of nitrogens with two attached hydrogens (primary N) is 2. The molecule has 5 nitrogen and oxygen atoms in total. The van der Waals surface area contributed by atoms with Crippen LogP contribution in [0.5, 0.6) is 0 Å². The molecular formula is C22H30N3O2+. The normalized spacial score (nSPS) is 13.2. The van der Waals surface area contributed by atoms with Gasteiger partial charge in [0.25, 0.3) is 5.91 Å². The summed E-state index contributed by atoms with van der Waals surface area (Å²) in [6, 6.07) is 16.7. The Hall–Kier alpha value is -2.66. The number of amides is 3. The monoisotopic (exact) mass is 368 g/mol. The van der Waals surface area contributed by atoms with E-state index in [2.05, 4.69) is 50.4 Å². The van der Waals surface area contributed by atoms with Crippen molar-refractivity contribution in [3.05, 3.63) is 71.3 Å². The summed E-state index contributed by atoms with van der Waals surface area (Å²) in [4.78, 5) is 23.9. The lowest BCUT2D eigenvalue weighted by Gasteiger charge is -2.25. The van der Waals surface area contributed by atoms with E-state index in [1.165, 1.54) is 5.56 Å². The van der Waals surface area contributed by atoms with Gasteiger partial charge in [0.2, 0.25) is 0 Å². The van der Waals surface area contributed by atoms with Gasteiger partial charge < -0.3 is 11.1 Å². The van der Waals surface area contributed by atoms with Crippen molar-refractivity contribution < 1.29 is 14.9 Å². The zero-order valence-electron chi connectivity index (χ0n) is 16.3. The van der Waals surface area contributed by atoms with Gasteiger partial charge in [-0.2, -0.15) is 0 Å². The quantitative estimate of drug-likeness (QED) is 0.669. The van der Waals surface area contributed by atoms with Crippen molar-refractivity contribution in [2.75, 3.05) is 0 Å². The minimum Gasteiger partial charge on any atom is -0.351 e. The zero-order chi connectivity index (χ0) is 19.8. The predicted octanol–water partition coefficient (Wildman–Crippen LogP) is 2.84. The fourth-order valence-electron chi connectivity index (χ4n) is 3.33. The molecule has 2 aromatic carbocycles. The smallest absolute Gasteiger partial charge is 0.319 e. The molecule has 2 aromatic rings. The first kappa shape index (κ1) is 20.6. The average molecular weight is 369 g/mol. The minimum atomic E-state index is -0.834. The second kappa shape index (κ2) is 9.88. The van der Waals surface area contributed by atoms with E-state index in [1.807, 2.05) is 35.6 Å². The Kier molecular flexibility index (Phi) is 7.55. The number of imide groups is 1. The maximum absolute atomic E-state index is 12.6. The van der Waals surface area contributed by atoms with Crippen molar-refractivity contribution in [2.24, 2.45) is 11.7 Å². The van der Waals surface area contributed by atoms with E-state index < -0.39 is 18.0 Å². The lowest BCUT2D eigenvalue weighted by Crippen LogP contribution is -2.89. The first-order valence-electron chi connectivity index (χ1n) is 9.51. The van der Waals surface area contributed by atoms with E-state index in [4.69, 9.17) is 5.73 Å². The van der Waals surface area contributed by atoms with Gasteiger partial charge in [-0.3, -0.25) is 10.1 Å². The van der Waals surface area contributed by atoms with Gasteiger partial charge in [0.1, 0.15) is 6.04 Å². The third-order valence-corrected chi connectivity index (χ3v) is 4.71. The number of nitrogens with one attached hydrogen (secondary N) is 1. The van der Waals surface area contributed by atoms with Gasteiger partial charge in [0.15, 0.2) is 6.04 Å². The molecule has 27 heavy (non-hydrogen) atoms. The van der Waals surface area contributed by atoms with Crippen molar-refractivity contribution >= 4 is 11.9 Å². The van der Waals surface area contributed by atoms with Crippen LogP contribution >= 0.6 is 0 Å². The number of benzene rings is 2. The Morgan fingerprint density at radius 3 is 2.15 bits per heavy atom. The van der Waals surface area contributed by atoms with Crippen molar-refractivity contribution in [3.63, 3.8) is 0 Å². The van der Waals surface area contributed by atoms with Crippen LogP contribution < -0.4 is 16.4 Å². The minimum absolute atomic E-state index is 0.0736. The van der Waals surface area contributed by atoms with E-state index in [0.29, 0.717) is 5.92 Å². The summed E-state index contributed by atoms with van der Waals surface area (Å²) < 4.78 is 0. The van der Waals surface area contributed by atoms with E-state index in [0.717, 1.165) is 24.0 Å². The third kappa shape index (κ3) is 5.93. The Labute approximate surface area is 161 Å². The molecule has 0 saturated carbocycles. The maximum Gasteiger partial charge on any atom is 0.319 e. The number of aryl methyl sites for hydroxylation is 1. The highest BCUT2D eigenvalue weighted by Gasteiger charge is 2.31. The second-order valence-corrected chi connectivity index (χ2v) is 7.20. The second-order valence-electron chi connectivity index (χ2n) is 7.20. The largest absolute Gasteiger partial charge is 0.351 e. The molecule has 0 radical (unpaired) electrons. The molecule has 0 aromatic heterocycles. The molecule has 2 atom stereocenters. The number of rotatable bonds is 8. The van der Waals surface area contributed by atoms with Crippen LogP contribution in [0.3, 0.4) is 0 Å². The third-order valence-electron chi connectivity index (χ3n) is 4.71. The summed E-state index contributed by atoms with van der Waals surface area (Å²) >= 11 is 0. The predicted molar refractivity (Wildman–Crippen MR) is 107 cm³/mol. The molecule has 0 heterocycles. The van der Waals surface area contributed by atoms with Crippen LogP contribution in [0.25, 0.3) is 0 Å². The SMILES string of the molecule is CCCc1ccc([C@@H]([NH2+][C@H](C(=O)NC(N)=O)c2ccccc2)C(C)C)cc1. The molecule has 0 aliphatic rings. The number of carbonyl (C=O) groups is 2. The number of carbonyl (C=O) groups excluding carboxylic acids is 2. The van der Waals surface area contributed by atoms with E-state index >= 15 is 0 Å². The Morgan fingerprint density at radius 1 is 1.00 bits per heavy atom. The topological polar surface area (TPSA) is 88.8 Å². The number of hydrogen-bond acceptors (Lipinski definition) is 2. The molecule has 0 unspecified atom stereocenters. The fourth-order valence-corrected chi connectivity index (χ4v) is 3.33. The number of hydrogen-bond donors (Lipinski definition) is 3. The van der Waals surface area contributed by atoms with E-state index in [1.54, 1.807) is 0 Å². The molecule has 5 heteroatoms. The number of urea groups is 1. The van der Waals surface area contributed by atoms with Crippen LogP contribution in [0.15, 0.2) is 54.6 Å². The molecular weight excluding hydrogens is 338 g/mol. The van der Waals surface area contributed by atoms with Crippen LogP contribution in [-0.4, -0.2) is 11.9 Å². The Balaban J connectivity index is 2.30. The van der Waals surface area contributed by atoms with Gasteiger partial charge in [-0.05, 0) is 12.0 Å². The van der Waals surface area contributed by atoms with Crippen LogP contribution in [0, 0.1) is 5.92 Å². The highest BCUT2D eigenvalue weighted by Crippen LogP contribution is 2.21. The Morgan fingerprint density at radius 2 is 1.63 bits per heavy atom. The lowest BCUT2D eigenvalue weighted by molar-refractivity contribution is -0.728. The lowest BCUT2D eigenvalue weighted by atomic mass is 9.92. The molecule has 0 saturated heterocycles. The number of quaternary nitrogens is 1. The molecule has 5 N–H and O–H groups in total. The highest BCUT2D eigenvalue weighted by atomic mass is 16.2. The van der Waals surface area contributed by atoms with Gasteiger partial charge in [0.05, 0.1) is 0 Å². The van der Waals surface area contributed by atoms with Gasteiger partial charge in [-0.15, -0.1) is 0 Å². The van der Waals surface area contributed by atoms with Crippen molar-refractivity contribution in [2.45, 2.75) is 45.7 Å². The molecule has 3 amide bonds. The average Bonchev–Trinajstić information content (AvgIpc) is 2.63. The highest BCUT2D eigenvalue weighted by molar-refractivity contribution is 5.96. The van der Waals surface area contributed by atoms with Crippen LogP contribution in [-0.2, 0) is 11.2 Å². The molecule has 144 valence electrons. The summed E-state index contributed by atoms with van der Waals surface area (Å²) in [5.41, 5.74) is 8.49. The van der Waals surface area contributed by atoms with E-state index in [9.17, 15) is 9.59 Å². The van der Waals surface area contributed by atoms with Crippen LogP contribution in [0.4, 0.5) is 4.79 Å². The zero-order valence-corrected chi connectivity index (χ0v) is 16.3. The summed E-state index contributed by atoms with van der Waals surface area (Å²) in [6.45, 7) is 6.44. The maximum atomic E-state index is 12.6. The fraction of sp³-hybridized carbons (Fsp3) is 0.364. The number of primary amides is 1. The van der Waals surface area contributed by atoms with Crippen LogP contribution in [0.2, 0.25) is 0 Å². The van der Waals surface area contributed by atoms with Gasteiger partial charge in [-0.1, -0.05) is 81.8 Å². The molecule has 0 spiro atoms. The van der Waals surface area contributed by atoms with E-state index in [-0.39, 0.29) is 6.04 Å². The van der Waals surface area contributed by atoms with Gasteiger partial charge in [0, 0.05) is 17.0 Å². The first-order valence-corrected chi connectivity index (χ1v) is 9.51. The van der Waals surface area contributed by atoms with Crippen molar-refractivity contribution in [1.29, 1.82) is 0 Å². The first-order chi connectivity index (χ1) is 12.9. The molecule has 0 bridgehead atoms.